The normalized spacial score (nSPS) is 11.2. The van der Waals surface area contributed by atoms with Gasteiger partial charge in [0.1, 0.15) is 0 Å². The first-order chi connectivity index (χ1) is 27.8. The Kier molecular flexibility index (Phi) is 8.55. The van der Waals surface area contributed by atoms with Gasteiger partial charge in [0, 0.05) is 33.5 Å². The third kappa shape index (κ3) is 6.14. The van der Waals surface area contributed by atoms with Crippen molar-refractivity contribution in [2.75, 3.05) is 4.90 Å². The second kappa shape index (κ2) is 14.4. The van der Waals surface area contributed by atoms with Crippen LogP contribution in [0.3, 0.4) is 0 Å². The molecule has 0 spiro atoms. The fourth-order valence-corrected chi connectivity index (χ4v) is 8.13. The Balaban J connectivity index is 1.07. The second-order valence-corrected chi connectivity index (χ2v) is 14.2. The maximum Gasteiger partial charge on any atom is 0.0547 e. The van der Waals surface area contributed by atoms with Crippen molar-refractivity contribution >= 4 is 38.9 Å². The molecule has 0 saturated heterocycles. The minimum Gasteiger partial charge on any atom is -0.310 e. The van der Waals surface area contributed by atoms with Gasteiger partial charge in [-0.3, -0.25) is 0 Å². The Bertz CT molecular complexity index is 2860. The summed E-state index contributed by atoms with van der Waals surface area (Å²) in [4.78, 5) is 2.37. The molecule has 264 valence electrons. The van der Waals surface area contributed by atoms with Gasteiger partial charge in [0.15, 0.2) is 0 Å². The molecule has 0 aliphatic carbocycles. The van der Waals surface area contributed by atoms with E-state index in [0.717, 1.165) is 22.7 Å². The number of aromatic nitrogens is 1. The zero-order valence-electron chi connectivity index (χ0n) is 30.8. The zero-order chi connectivity index (χ0) is 37.3. The van der Waals surface area contributed by atoms with E-state index in [1.165, 1.54) is 66.3 Å². The lowest BCUT2D eigenvalue weighted by Gasteiger charge is -2.27. The molecule has 56 heavy (non-hydrogen) atoms. The van der Waals surface area contributed by atoms with Crippen molar-refractivity contribution in [3.8, 4) is 50.2 Å². The molecule has 2 nitrogen and oxygen atoms in total. The number of para-hydroxylation sites is 2. The molecule has 0 aliphatic heterocycles. The Hall–Kier alpha value is -7.42. The van der Waals surface area contributed by atoms with Crippen molar-refractivity contribution in [3.63, 3.8) is 0 Å². The number of rotatable bonds is 8. The number of benzene rings is 9. The summed E-state index contributed by atoms with van der Waals surface area (Å²) >= 11 is 0. The predicted octanol–water partition coefficient (Wildman–Crippen LogP) is 14.9. The van der Waals surface area contributed by atoms with Gasteiger partial charge in [0.05, 0.1) is 11.0 Å². The van der Waals surface area contributed by atoms with Crippen LogP contribution in [0.4, 0.5) is 17.1 Å². The Morgan fingerprint density at radius 1 is 0.268 bits per heavy atom. The van der Waals surface area contributed by atoms with E-state index in [4.69, 9.17) is 0 Å². The minimum absolute atomic E-state index is 1.09. The molecular weight excluding hydrogens is 677 g/mol. The van der Waals surface area contributed by atoms with Crippen LogP contribution in [-0.4, -0.2) is 4.57 Å². The van der Waals surface area contributed by atoms with E-state index in [1.54, 1.807) is 0 Å². The molecule has 0 aliphatic rings. The van der Waals surface area contributed by atoms with Gasteiger partial charge < -0.3 is 9.47 Å². The van der Waals surface area contributed by atoms with Crippen molar-refractivity contribution in [2.24, 2.45) is 0 Å². The summed E-state index contributed by atoms with van der Waals surface area (Å²) in [6.45, 7) is 0. The molecule has 10 aromatic rings. The number of fused-ring (bicyclic) bond motifs is 3. The molecule has 0 bridgehead atoms. The van der Waals surface area contributed by atoms with Gasteiger partial charge in [-0.05, 0) is 105 Å². The lowest BCUT2D eigenvalue weighted by molar-refractivity contribution is 1.18. The molecule has 1 heterocycles. The summed E-state index contributed by atoms with van der Waals surface area (Å²) in [7, 11) is 0. The average Bonchev–Trinajstić information content (AvgIpc) is 3.61. The lowest BCUT2D eigenvalue weighted by Crippen LogP contribution is -2.10. The lowest BCUT2D eigenvalue weighted by atomic mass is 9.93. The van der Waals surface area contributed by atoms with E-state index in [2.05, 4.69) is 240 Å². The van der Waals surface area contributed by atoms with Crippen molar-refractivity contribution in [2.45, 2.75) is 0 Å². The van der Waals surface area contributed by atoms with Crippen LogP contribution in [0.15, 0.2) is 231 Å². The first kappa shape index (κ1) is 33.2. The number of hydrogen-bond donors (Lipinski definition) is 0. The molecular formula is C54H38N2. The molecule has 10 rings (SSSR count). The topological polar surface area (TPSA) is 8.17 Å². The van der Waals surface area contributed by atoms with Crippen LogP contribution < -0.4 is 4.90 Å². The van der Waals surface area contributed by atoms with Gasteiger partial charge in [-0.1, -0.05) is 170 Å². The summed E-state index contributed by atoms with van der Waals surface area (Å²) in [6, 6.07) is 83.0. The number of hydrogen-bond acceptors (Lipinski definition) is 1. The third-order valence-electron chi connectivity index (χ3n) is 10.8. The second-order valence-electron chi connectivity index (χ2n) is 14.2. The fraction of sp³-hybridized carbons (Fsp3) is 0. The highest BCUT2D eigenvalue weighted by atomic mass is 15.1. The van der Waals surface area contributed by atoms with Crippen LogP contribution in [0.2, 0.25) is 0 Å². The van der Waals surface area contributed by atoms with Crippen LogP contribution in [0.1, 0.15) is 0 Å². The van der Waals surface area contributed by atoms with Crippen LogP contribution in [0.5, 0.6) is 0 Å². The van der Waals surface area contributed by atoms with E-state index in [-0.39, 0.29) is 0 Å². The van der Waals surface area contributed by atoms with Crippen LogP contribution in [0, 0.1) is 0 Å². The van der Waals surface area contributed by atoms with E-state index < -0.39 is 0 Å². The van der Waals surface area contributed by atoms with Crippen LogP contribution >= 0.6 is 0 Å². The van der Waals surface area contributed by atoms with Crippen LogP contribution in [0.25, 0.3) is 72.0 Å². The van der Waals surface area contributed by atoms with Gasteiger partial charge >= 0.3 is 0 Å². The van der Waals surface area contributed by atoms with E-state index in [0.29, 0.717) is 0 Å². The average molecular weight is 715 g/mol. The third-order valence-corrected chi connectivity index (χ3v) is 10.8. The molecule has 0 radical (unpaired) electrons. The number of nitrogens with zero attached hydrogens (tertiary/aromatic N) is 2. The van der Waals surface area contributed by atoms with Gasteiger partial charge in [-0.25, -0.2) is 0 Å². The molecule has 0 N–H and O–H groups in total. The minimum atomic E-state index is 1.09. The molecule has 1 aromatic heterocycles. The van der Waals surface area contributed by atoms with Gasteiger partial charge in [0.2, 0.25) is 0 Å². The highest BCUT2D eigenvalue weighted by Crippen LogP contribution is 2.41. The number of anilines is 3. The maximum atomic E-state index is 2.39. The standard InChI is InChI=1S/C54H38N2/c1-4-16-39(17-5-1)42-20-14-24-47(36-42)55(48-25-15-21-43(37-48)40-18-6-2-7-19-40)46-33-30-41(31-34-46)49-26-10-11-27-50(49)44-32-35-52-51-28-12-13-29-53(51)56(54(52)38-44)45-22-8-3-9-23-45/h1-38H. The van der Waals surface area contributed by atoms with E-state index in [9.17, 15) is 0 Å². The predicted molar refractivity (Wildman–Crippen MR) is 237 cm³/mol. The monoisotopic (exact) mass is 714 g/mol. The summed E-state index contributed by atoms with van der Waals surface area (Å²) < 4.78 is 2.39. The first-order valence-corrected chi connectivity index (χ1v) is 19.2. The van der Waals surface area contributed by atoms with Crippen molar-refractivity contribution in [3.05, 3.63) is 231 Å². The molecule has 0 saturated carbocycles. The Labute approximate surface area is 327 Å². The van der Waals surface area contributed by atoms with Crippen molar-refractivity contribution in [1.82, 2.24) is 4.57 Å². The largest absolute Gasteiger partial charge is 0.310 e. The molecule has 0 amide bonds. The summed E-state index contributed by atoms with van der Waals surface area (Å²) in [6.07, 6.45) is 0. The molecule has 9 aromatic carbocycles. The summed E-state index contributed by atoms with van der Waals surface area (Å²) in [5.74, 6) is 0. The Morgan fingerprint density at radius 2 is 0.750 bits per heavy atom. The summed E-state index contributed by atoms with van der Waals surface area (Å²) in [5.41, 5.74) is 16.4. The molecule has 0 atom stereocenters. The van der Waals surface area contributed by atoms with Gasteiger partial charge in [0.25, 0.3) is 0 Å². The highest BCUT2D eigenvalue weighted by Gasteiger charge is 2.17. The molecule has 0 unspecified atom stereocenters. The van der Waals surface area contributed by atoms with E-state index in [1.807, 2.05) is 0 Å². The van der Waals surface area contributed by atoms with Crippen LogP contribution in [-0.2, 0) is 0 Å². The van der Waals surface area contributed by atoms with Crippen molar-refractivity contribution < 1.29 is 0 Å². The van der Waals surface area contributed by atoms with Crippen molar-refractivity contribution in [1.29, 1.82) is 0 Å². The van der Waals surface area contributed by atoms with Gasteiger partial charge in [-0.15, -0.1) is 0 Å². The molecule has 0 fully saturated rings. The highest BCUT2D eigenvalue weighted by molar-refractivity contribution is 6.10. The van der Waals surface area contributed by atoms with Gasteiger partial charge in [-0.2, -0.15) is 0 Å². The van der Waals surface area contributed by atoms with E-state index >= 15 is 0 Å². The fourth-order valence-electron chi connectivity index (χ4n) is 8.13. The maximum absolute atomic E-state index is 2.39. The first-order valence-electron chi connectivity index (χ1n) is 19.2. The smallest absolute Gasteiger partial charge is 0.0547 e. The zero-order valence-corrected chi connectivity index (χ0v) is 30.8. The quantitative estimate of drug-likeness (QED) is 0.152. The summed E-state index contributed by atoms with van der Waals surface area (Å²) in [5, 5.41) is 2.51. The Morgan fingerprint density at radius 3 is 1.38 bits per heavy atom. The SMILES string of the molecule is c1ccc(-c2cccc(N(c3ccc(-c4ccccc4-c4ccc5c6ccccc6n(-c6ccccc6)c5c4)cc3)c3cccc(-c4ccccc4)c3)c2)cc1. The molecule has 2 heteroatoms.